The summed E-state index contributed by atoms with van der Waals surface area (Å²) in [5, 5.41) is 8.95. The smallest absolute Gasteiger partial charge is 0.246 e. The van der Waals surface area contributed by atoms with Gasteiger partial charge < -0.3 is 15.5 Å². The zero-order valence-corrected chi connectivity index (χ0v) is 10.6. The average molecular weight is 244 g/mol. The molecule has 0 aliphatic carbocycles. The molecule has 1 aliphatic heterocycles. The molecule has 1 aliphatic rings. The first-order valence-electron chi connectivity index (χ1n) is 5.84. The Morgan fingerprint density at radius 1 is 1.50 bits per heavy atom. The standard InChI is InChI=1S/C13H16N4O/c1-9(15)7-17-8-13(18)16(2)11-4-3-10(6-14)5-12(11)17/h3-5,9H,7-8,15H2,1-2H3. The molecule has 5 nitrogen and oxygen atoms in total. The summed E-state index contributed by atoms with van der Waals surface area (Å²) in [7, 11) is 1.75. The first-order chi connectivity index (χ1) is 8.52. The van der Waals surface area contributed by atoms with Crippen LogP contribution in [-0.2, 0) is 4.79 Å². The Kier molecular flexibility index (Phi) is 3.21. The number of nitrogens with two attached hydrogens (primary N) is 1. The van der Waals surface area contributed by atoms with Gasteiger partial charge in [0.05, 0.1) is 29.6 Å². The largest absolute Gasteiger partial charge is 0.359 e. The molecule has 2 rings (SSSR count). The number of hydrogen-bond acceptors (Lipinski definition) is 4. The van der Waals surface area contributed by atoms with Gasteiger partial charge in [0.15, 0.2) is 0 Å². The van der Waals surface area contributed by atoms with Crippen molar-refractivity contribution in [2.24, 2.45) is 5.73 Å². The van der Waals surface area contributed by atoms with Gasteiger partial charge in [0.25, 0.3) is 0 Å². The Bertz CT molecular complexity index is 518. The van der Waals surface area contributed by atoms with Gasteiger partial charge in [0.2, 0.25) is 5.91 Å². The highest BCUT2D eigenvalue weighted by Gasteiger charge is 2.27. The normalized spacial score (nSPS) is 16.2. The molecule has 1 aromatic carbocycles. The van der Waals surface area contributed by atoms with E-state index in [2.05, 4.69) is 6.07 Å². The number of rotatable bonds is 2. The van der Waals surface area contributed by atoms with Crippen molar-refractivity contribution in [1.29, 1.82) is 5.26 Å². The van der Waals surface area contributed by atoms with E-state index in [4.69, 9.17) is 11.0 Å². The quantitative estimate of drug-likeness (QED) is 0.830. The minimum absolute atomic E-state index is 0.0280. The Morgan fingerprint density at radius 2 is 2.22 bits per heavy atom. The zero-order valence-electron chi connectivity index (χ0n) is 10.6. The van der Waals surface area contributed by atoms with Gasteiger partial charge in [-0.3, -0.25) is 4.79 Å². The summed E-state index contributed by atoms with van der Waals surface area (Å²) in [6.45, 7) is 2.80. The molecule has 0 fully saturated rings. The van der Waals surface area contributed by atoms with Gasteiger partial charge in [0.1, 0.15) is 0 Å². The minimum atomic E-state index is -0.0280. The molecule has 0 saturated heterocycles. The molecule has 1 aromatic rings. The van der Waals surface area contributed by atoms with Gasteiger partial charge in [0, 0.05) is 19.6 Å². The Labute approximate surface area is 106 Å². The first kappa shape index (κ1) is 12.4. The van der Waals surface area contributed by atoms with Crippen LogP contribution in [0, 0.1) is 11.3 Å². The van der Waals surface area contributed by atoms with Gasteiger partial charge in [-0.2, -0.15) is 5.26 Å². The fourth-order valence-electron chi connectivity index (χ4n) is 2.13. The van der Waals surface area contributed by atoms with E-state index in [9.17, 15) is 4.79 Å². The van der Waals surface area contributed by atoms with Crippen LogP contribution in [0.1, 0.15) is 12.5 Å². The van der Waals surface area contributed by atoms with E-state index in [-0.39, 0.29) is 11.9 Å². The summed E-state index contributed by atoms with van der Waals surface area (Å²) in [5.41, 5.74) is 8.11. The number of hydrogen-bond donors (Lipinski definition) is 1. The molecule has 94 valence electrons. The summed E-state index contributed by atoms with van der Waals surface area (Å²) >= 11 is 0. The number of anilines is 2. The second kappa shape index (κ2) is 4.67. The topological polar surface area (TPSA) is 73.4 Å². The highest BCUT2D eigenvalue weighted by atomic mass is 16.2. The van der Waals surface area contributed by atoms with Crippen molar-refractivity contribution in [1.82, 2.24) is 0 Å². The maximum atomic E-state index is 11.9. The van der Waals surface area contributed by atoms with E-state index in [0.29, 0.717) is 18.7 Å². The van der Waals surface area contributed by atoms with Crippen LogP contribution in [-0.4, -0.2) is 32.1 Å². The van der Waals surface area contributed by atoms with Crippen LogP contribution in [0.2, 0.25) is 0 Å². The molecule has 2 N–H and O–H groups in total. The summed E-state index contributed by atoms with van der Waals surface area (Å²) < 4.78 is 0. The van der Waals surface area contributed by atoms with Crippen LogP contribution >= 0.6 is 0 Å². The average Bonchev–Trinajstić information content (AvgIpc) is 2.34. The van der Waals surface area contributed by atoms with Crippen molar-refractivity contribution in [3.05, 3.63) is 23.8 Å². The third-order valence-corrected chi connectivity index (χ3v) is 3.02. The van der Waals surface area contributed by atoms with E-state index >= 15 is 0 Å². The lowest BCUT2D eigenvalue weighted by atomic mass is 10.1. The number of fused-ring (bicyclic) bond motifs is 1. The number of carbonyl (C=O) groups excluding carboxylic acids is 1. The maximum absolute atomic E-state index is 11.9. The molecular formula is C13H16N4O. The van der Waals surface area contributed by atoms with Crippen LogP contribution in [0.4, 0.5) is 11.4 Å². The highest BCUT2D eigenvalue weighted by Crippen LogP contribution is 2.33. The lowest BCUT2D eigenvalue weighted by Gasteiger charge is -2.36. The third kappa shape index (κ3) is 2.15. The molecule has 0 bridgehead atoms. The molecule has 1 unspecified atom stereocenters. The monoisotopic (exact) mass is 244 g/mol. The summed E-state index contributed by atoms with van der Waals surface area (Å²) in [6.07, 6.45) is 0. The van der Waals surface area contributed by atoms with E-state index in [1.807, 2.05) is 11.8 Å². The highest BCUT2D eigenvalue weighted by molar-refractivity contribution is 6.02. The summed E-state index contributed by atoms with van der Waals surface area (Å²) in [6, 6.07) is 7.42. The fourth-order valence-corrected chi connectivity index (χ4v) is 2.13. The summed E-state index contributed by atoms with van der Waals surface area (Å²) in [5.74, 6) is 0.0351. The van der Waals surface area contributed by atoms with Gasteiger partial charge in [-0.25, -0.2) is 0 Å². The Morgan fingerprint density at radius 3 is 2.83 bits per heavy atom. The molecule has 0 aromatic heterocycles. The van der Waals surface area contributed by atoms with Crippen molar-refractivity contribution in [2.75, 3.05) is 29.9 Å². The molecule has 1 atom stereocenters. The molecule has 1 heterocycles. The fraction of sp³-hybridized carbons (Fsp3) is 0.385. The van der Waals surface area contributed by atoms with Gasteiger partial charge in [-0.15, -0.1) is 0 Å². The molecule has 0 radical (unpaired) electrons. The SMILES string of the molecule is CC(N)CN1CC(=O)N(C)c2ccc(C#N)cc21. The van der Waals surface area contributed by atoms with Crippen molar-refractivity contribution in [2.45, 2.75) is 13.0 Å². The van der Waals surface area contributed by atoms with Crippen molar-refractivity contribution >= 4 is 17.3 Å². The van der Waals surface area contributed by atoms with Gasteiger partial charge >= 0.3 is 0 Å². The van der Waals surface area contributed by atoms with Crippen LogP contribution in [0.15, 0.2) is 18.2 Å². The predicted octanol–water partition coefficient (Wildman–Crippen LogP) is 0.688. The Hall–Kier alpha value is -2.06. The van der Waals surface area contributed by atoms with Gasteiger partial charge in [-0.1, -0.05) is 0 Å². The maximum Gasteiger partial charge on any atom is 0.246 e. The van der Waals surface area contributed by atoms with E-state index in [1.165, 1.54) is 0 Å². The van der Waals surface area contributed by atoms with Crippen LogP contribution in [0.3, 0.4) is 0 Å². The van der Waals surface area contributed by atoms with Crippen molar-refractivity contribution in [3.8, 4) is 6.07 Å². The number of amides is 1. The summed E-state index contributed by atoms with van der Waals surface area (Å²) in [4.78, 5) is 15.4. The number of benzene rings is 1. The number of likely N-dealkylation sites (N-methyl/N-ethyl adjacent to an activating group) is 1. The minimum Gasteiger partial charge on any atom is -0.359 e. The lowest BCUT2D eigenvalue weighted by molar-refractivity contribution is -0.117. The molecule has 1 amide bonds. The lowest BCUT2D eigenvalue weighted by Crippen LogP contribution is -2.47. The van der Waals surface area contributed by atoms with Gasteiger partial charge in [-0.05, 0) is 25.1 Å². The molecule has 18 heavy (non-hydrogen) atoms. The third-order valence-electron chi connectivity index (χ3n) is 3.02. The number of nitrogens with zero attached hydrogens (tertiary/aromatic N) is 3. The molecule has 0 saturated carbocycles. The van der Waals surface area contributed by atoms with E-state index in [1.54, 1.807) is 30.1 Å². The second-order valence-corrected chi connectivity index (χ2v) is 4.63. The molecular weight excluding hydrogens is 228 g/mol. The van der Waals surface area contributed by atoms with Crippen LogP contribution in [0.25, 0.3) is 0 Å². The van der Waals surface area contributed by atoms with E-state index < -0.39 is 0 Å². The molecule has 0 spiro atoms. The number of carbonyl (C=O) groups is 1. The predicted molar refractivity (Wildman–Crippen MR) is 70.4 cm³/mol. The number of nitriles is 1. The van der Waals surface area contributed by atoms with Crippen LogP contribution < -0.4 is 15.5 Å². The first-order valence-corrected chi connectivity index (χ1v) is 5.84. The Balaban J connectivity index is 2.46. The molecule has 5 heteroatoms. The van der Waals surface area contributed by atoms with Crippen molar-refractivity contribution in [3.63, 3.8) is 0 Å². The van der Waals surface area contributed by atoms with Crippen molar-refractivity contribution < 1.29 is 4.79 Å². The second-order valence-electron chi connectivity index (χ2n) is 4.63. The van der Waals surface area contributed by atoms with Crippen LogP contribution in [0.5, 0.6) is 0 Å². The zero-order chi connectivity index (χ0) is 13.3. The van der Waals surface area contributed by atoms with E-state index in [0.717, 1.165) is 11.4 Å².